The zero-order valence-electron chi connectivity index (χ0n) is 17.8. The molecule has 0 spiro atoms. The Morgan fingerprint density at radius 1 is 1.13 bits per heavy atom. The van der Waals surface area contributed by atoms with Gasteiger partial charge in [0.25, 0.3) is 0 Å². The monoisotopic (exact) mass is 421 g/mol. The molecule has 2 heterocycles. The first-order valence-corrected chi connectivity index (χ1v) is 10.4. The highest BCUT2D eigenvalue weighted by atomic mass is 16.5. The minimum Gasteiger partial charge on any atom is -0.493 e. The number of nitrogens with zero attached hydrogens (tertiary/aromatic N) is 3. The molecule has 0 saturated heterocycles. The molecule has 1 aliphatic rings. The van der Waals surface area contributed by atoms with Crippen LogP contribution in [0, 0.1) is 0 Å². The molecular weight excluding hydrogens is 394 g/mol. The summed E-state index contributed by atoms with van der Waals surface area (Å²) >= 11 is 0. The maximum Gasteiger partial charge on any atom is 0.319 e. The van der Waals surface area contributed by atoms with Crippen LogP contribution in [-0.2, 0) is 6.54 Å². The minimum atomic E-state index is -0.346. The second kappa shape index (κ2) is 9.51. The van der Waals surface area contributed by atoms with Gasteiger partial charge in [-0.1, -0.05) is 25.0 Å². The number of para-hydroxylation sites is 1. The molecule has 0 radical (unpaired) electrons. The van der Waals surface area contributed by atoms with E-state index in [2.05, 4.69) is 20.3 Å². The Morgan fingerprint density at radius 3 is 2.68 bits per heavy atom. The van der Waals surface area contributed by atoms with E-state index in [0.717, 1.165) is 29.9 Å². The number of anilines is 1. The third-order valence-corrected chi connectivity index (χ3v) is 5.47. The lowest BCUT2D eigenvalue weighted by molar-refractivity contribution is 0.251. The quantitative estimate of drug-likeness (QED) is 0.590. The number of amides is 2. The van der Waals surface area contributed by atoms with Crippen molar-refractivity contribution in [1.82, 2.24) is 20.1 Å². The molecule has 31 heavy (non-hydrogen) atoms. The maximum absolute atomic E-state index is 12.5. The van der Waals surface area contributed by atoms with E-state index in [0.29, 0.717) is 29.8 Å². The Labute approximate surface area is 181 Å². The molecule has 2 N–H and O–H groups in total. The van der Waals surface area contributed by atoms with Crippen molar-refractivity contribution in [2.75, 3.05) is 19.5 Å². The number of nitrogens with one attached hydrogen (secondary N) is 2. The van der Waals surface area contributed by atoms with Crippen LogP contribution in [0.25, 0.3) is 11.4 Å². The second-order valence-electron chi connectivity index (χ2n) is 7.47. The van der Waals surface area contributed by atoms with Crippen LogP contribution in [0.2, 0.25) is 0 Å². The normalized spacial score (nSPS) is 13.7. The maximum atomic E-state index is 12.5. The van der Waals surface area contributed by atoms with Gasteiger partial charge in [0.15, 0.2) is 11.5 Å². The van der Waals surface area contributed by atoms with E-state index in [1.54, 1.807) is 31.5 Å². The van der Waals surface area contributed by atoms with Crippen LogP contribution in [0.15, 0.2) is 48.7 Å². The molecule has 1 aliphatic carbocycles. The van der Waals surface area contributed by atoms with Gasteiger partial charge in [0.2, 0.25) is 0 Å². The summed E-state index contributed by atoms with van der Waals surface area (Å²) in [5.41, 5.74) is 3.20. The minimum absolute atomic E-state index is 0.303. The summed E-state index contributed by atoms with van der Waals surface area (Å²) in [7, 11) is 3.09. The molecule has 2 aromatic heterocycles. The van der Waals surface area contributed by atoms with Gasteiger partial charge in [0.1, 0.15) is 0 Å². The molecule has 1 aromatic carbocycles. The van der Waals surface area contributed by atoms with E-state index < -0.39 is 0 Å². The van der Waals surface area contributed by atoms with Gasteiger partial charge in [-0.2, -0.15) is 5.10 Å². The molecule has 0 unspecified atom stereocenters. The van der Waals surface area contributed by atoms with Crippen molar-refractivity contribution in [3.8, 4) is 22.9 Å². The average Bonchev–Trinajstić information content (AvgIpc) is 3.48. The van der Waals surface area contributed by atoms with Crippen molar-refractivity contribution in [2.24, 2.45) is 0 Å². The predicted octanol–water partition coefficient (Wildman–Crippen LogP) is 4.40. The number of carbonyl (C=O) groups is 1. The molecule has 1 saturated carbocycles. The first kappa shape index (κ1) is 20.7. The number of urea groups is 1. The number of pyridine rings is 1. The highest BCUT2D eigenvalue weighted by Crippen LogP contribution is 2.35. The number of benzene rings is 1. The van der Waals surface area contributed by atoms with Gasteiger partial charge in [-0.05, 0) is 43.2 Å². The van der Waals surface area contributed by atoms with Crippen LogP contribution in [0.1, 0.15) is 37.4 Å². The van der Waals surface area contributed by atoms with Gasteiger partial charge < -0.3 is 20.1 Å². The average molecular weight is 422 g/mol. The molecule has 8 nitrogen and oxygen atoms in total. The molecular formula is C23H27N5O3. The van der Waals surface area contributed by atoms with E-state index >= 15 is 0 Å². The van der Waals surface area contributed by atoms with E-state index in [-0.39, 0.29) is 6.03 Å². The molecule has 2 amide bonds. The summed E-state index contributed by atoms with van der Waals surface area (Å²) in [6.45, 7) is 0.303. The Bertz CT molecular complexity index is 1030. The first-order chi connectivity index (χ1) is 15.2. The summed E-state index contributed by atoms with van der Waals surface area (Å²) in [4.78, 5) is 17.0. The topological polar surface area (TPSA) is 90.3 Å². The lowest BCUT2D eigenvalue weighted by atomic mass is 10.2. The van der Waals surface area contributed by atoms with Crippen molar-refractivity contribution in [3.05, 3.63) is 54.4 Å². The van der Waals surface area contributed by atoms with E-state index in [1.165, 1.54) is 20.0 Å². The number of hydrogen-bond acceptors (Lipinski definition) is 5. The van der Waals surface area contributed by atoms with Crippen LogP contribution in [-0.4, -0.2) is 35.0 Å². The van der Waals surface area contributed by atoms with E-state index in [1.807, 2.05) is 24.3 Å². The SMILES string of the molecule is COc1cccc(NC(=O)NCc2cc(-c3ccccn3)n(C3CCCC3)n2)c1OC. The summed E-state index contributed by atoms with van der Waals surface area (Å²) < 4.78 is 12.7. The van der Waals surface area contributed by atoms with Crippen LogP contribution >= 0.6 is 0 Å². The predicted molar refractivity (Wildman–Crippen MR) is 118 cm³/mol. The van der Waals surface area contributed by atoms with E-state index in [9.17, 15) is 4.79 Å². The van der Waals surface area contributed by atoms with Gasteiger partial charge in [0, 0.05) is 6.20 Å². The van der Waals surface area contributed by atoms with Crippen molar-refractivity contribution in [2.45, 2.75) is 38.3 Å². The van der Waals surface area contributed by atoms with Crippen molar-refractivity contribution >= 4 is 11.7 Å². The van der Waals surface area contributed by atoms with Crippen molar-refractivity contribution in [1.29, 1.82) is 0 Å². The molecule has 0 aliphatic heterocycles. The fraction of sp³-hybridized carbons (Fsp3) is 0.348. The van der Waals surface area contributed by atoms with Crippen LogP contribution in [0.4, 0.5) is 10.5 Å². The van der Waals surface area contributed by atoms with E-state index in [4.69, 9.17) is 14.6 Å². The molecule has 3 aromatic rings. The number of ether oxygens (including phenoxy) is 2. The number of aromatic nitrogens is 3. The lowest BCUT2D eigenvalue weighted by Crippen LogP contribution is -2.28. The molecule has 0 bridgehead atoms. The molecule has 4 rings (SSSR count). The summed E-state index contributed by atoms with van der Waals surface area (Å²) in [6, 6.07) is 13.2. The Hall–Kier alpha value is -3.55. The number of methoxy groups -OCH3 is 2. The van der Waals surface area contributed by atoms with Gasteiger partial charge in [-0.15, -0.1) is 0 Å². The zero-order chi connectivity index (χ0) is 21.6. The Balaban J connectivity index is 1.48. The Morgan fingerprint density at radius 2 is 1.97 bits per heavy atom. The van der Waals surface area contributed by atoms with Crippen LogP contribution < -0.4 is 20.1 Å². The van der Waals surface area contributed by atoms with Gasteiger partial charge in [0.05, 0.1) is 49.6 Å². The standard InChI is InChI=1S/C23H27N5O3/c1-30-21-12-7-11-19(22(21)31-2)26-23(29)25-15-16-14-20(18-10-5-6-13-24-18)28(27-16)17-8-3-4-9-17/h5-7,10-14,17H,3-4,8-9,15H2,1-2H3,(H2,25,26,29). The fourth-order valence-corrected chi connectivity index (χ4v) is 3.99. The van der Waals surface area contributed by atoms with Crippen LogP contribution in [0.5, 0.6) is 11.5 Å². The van der Waals surface area contributed by atoms with Crippen LogP contribution in [0.3, 0.4) is 0 Å². The smallest absolute Gasteiger partial charge is 0.319 e. The first-order valence-electron chi connectivity index (χ1n) is 10.4. The highest BCUT2D eigenvalue weighted by molar-refractivity contribution is 5.91. The number of carbonyl (C=O) groups excluding carboxylic acids is 1. The molecule has 162 valence electrons. The largest absolute Gasteiger partial charge is 0.493 e. The molecule has 8 heteroatoms. The number of rotatable bonds is 7. The third kappa shape index (κ3) is 4.63. The second-order valence-corrected chi connectivity index (χ2v) is 7.47. The zero-order valence-corrected chi connectivity index (χ0v) is 17.8. The lowest BCUT2D eigenvalue weighted by Gasteiger charge is -2.14. The van der Waals surface area contributed by atoms with Crippen molar-refractivity contribution in [3.63, 3.8) is 0 Å². The third-order valence-electron chi connectivity index (χ3n) is 5.47. The van der Waals surface area contributed by atoms with Crippen molar-refractivity contribution < 1.29 is 14.3 Å². The molecule has 0 atom stereocenters. The summed E-state index contributed by atoms with van der Waals surface area (Å²) in [5, 5.41) is 10.5. The number of hydrogen-bond donors (Lipinski definition) is 2. The molecule has 1 fully saturated rings. The summed E-state index contributed by atoms with van der Waals surface area (Å²) in [6.07, 6.45) is 6.44. The van der Waals surface area contributed by atoms with Gasteiger partial charge >= 0.3 is 6.03 Å². The Kier molecular flexibility index (Phi) is 6.35. The van der Waals surface area contributed by atoms with Gasteiger partial charge in [-0.3, -0.25) is 9.67 Å². The highest BCUT2D eigenvalue weighted by Gasteiger charge is 2.22. The fourth-order valence-electron chi connectivity index (χ4n) is 3.99. The van der Waals surface area contributed by atoms with Gasteiger partial charge in [-0.25, -0.2) is 4.79 Å². The summed E-state index contributed by atoms with van der Waals surface area (Å²) in [5.74, 6) is 1.03.